The summed E-state index contributed by atoms with van der Waals surface area (Å²) in [6.45, 7) is 3.70. The van der Waals surface area contributed by atoms with E-state index in [4.69, 9.17) is 9.84 Å². The molecule has 0 aliphatic heterocycles. The van der Waals surface area contributed by atoms with Gasteiger partial charge in [-0.2, -0.15) is 0 Å². The summed E-state index contributed by atoms with van der Waals surface area (Å²) >= 11 is 1.08. The van der Waals surface area contributed by atoms with Gasteiger partial charge in [0.2, 0.25) is 5.91 Å². The molecule has 0 aliphatic carbocycles. The third-order valence-corrected chi connectivity index (χ3v) is 2.84. The van der Waals surface area contributed by atoms with E-state index in [9.17, 15) is 9.59 Å². The second kappa shape index (κ2) is 7.53. The van der Waals surface area contributed by atoms with E-state index in [1.807, 2.05) is 13.8 Å². The number of methoxy groups -OCH3 is 1. The van der Waals surface area contributed by atoms with Crippen LogP contribution in [0.1, 0.15) is 13.8 Å². The molecule has 0 fully saturated rings. The lowest BCUT2D eigenvalue weighted by Gasteiger charge is -2.19. The molecule has 0 aromatic heterocycles. The van der Waals surface area contributed by atoms with E-state index in [1.54, 1.807) is 7.11 Å². The van der Waals surface area contributed by atoms with Crippen molar-refractivity contribution < 1.29 is 19.4 Å². The van der Waals surface area contributed by atoms with Crippen LogP contribution in [0.4, 0.5) is 0 Å². The fourth-order valence-electron chi connectivity index (χ4n) is 0.848. The molecule has 5 nitrogen and oxygen atoms in total. The third-order valence-electron chi connectivity index (χ3n) is 1.92. The molecule has 0 aliphatic rings. The molecule has 0 aromatic carbocycles. The highest BCUT2D eigenvalue weighted by Crippen LogP contribution is 2.00. The van der Waals surface area contributed by atoms with Gasteiger partial charge in [-0.15, -0.1) is 11.8 Å². The third kappa shape index (κ3) is 7.21. The van der Waals surface area contributed by atoms with Crippen LogP contribution < -0.4 is 5.32 Å². The van der Waals surface area contributed by atoms with Gasteiger partial charge in [0.25, 0.3) is 0 Å². The number of amides is 1. The van der Waals surface area contributed by atoms with Gasteiger partial charge in [0, 0.05) is 7.11 Å². The van der Waals surface area contributed by atoms with Crippen LogP contribution in [0.3, 0.4) is 0 Å². The standard InChI is InChI=1S/C9H17NO4S/c1-6(7(2)14-3)10-8(11)4-15-5-9(12)13/h6-7H,4-5H2,1-3H3,(H,10,11)(H,12,13)/t6-,7?/m0/s1. The predicted octanol–water partition coefficient (Wildman–Crippen LogP) is 0.344. The zero-order valence-corrected chi connectivity index (χ0v) is 9.97. The molecule has 0 radical (unpaired) electrons. The number of ether oxygens (including phenoxy) is 1. The van der Waals surface area contributed by atoms with Gasteiger partial charge in [-0.25, -0.2) is 0 Å². The topological polar surface area (TPSA) is 75.6 Å². The van der Waals surface area contributed by atoms with Crippen LogP contribution in [0.2, 0.25) is 0 Å². The highest BCUT2D eigenvalue weighted by atomic mass is 32.2. The lowest BCUT2D eigenvalue weighted by molar-refractivity contribution is -0.133. The van der Waals surface area contributed by atoms with E-state index < -0.39 is 5.97 Å². The lowest BCUT2D eigenvalue weighted by Crippen LogP contribution is -2.41. The molecular weight excluding hydrogens is 218 g/mol. The summed E-state index contributed by atoms with van der Waals surface area (Å²) in [6.07, 6.45) is -0.0570. The van der Waals surface area contributed by atoms with Crippen molar-refractivity contribution in [3.05, 3.63) is 0 Å². The summed E-state index contributed by atoms with van der Waals surface area (Å²) in [7, 11) is 1.58. The second-order valence-corrected chi connectivity index (χ2v) is 4.17. The Morgan fingerprint density at radius 3 is 2.47 bits per heavy atom. The molecular formula is C9H17NO4S. The molecule has 0 saturated heterocycles. The van der Waals surface area contributed by atoms with Gasteiger partial charge in [-0.3, -0.25) is 9.59 Å². The maximum absolute atomic E-state index is 11.3. The molecule has 0 spiro atoms. The van der Waals surface area contributed by atoms with E-state index in [0.29, 0.717) is 0 Å². The molecule has 6 heteroatoms. The minimum Gasteiger partial charge on any atom is -0.481 e. The molecule has 0 aromatic rings. The zero-order valence-electron chi connectivity index (χ0n) is 9.15. The fourth-order valence-corrected chi connectivity index (χ4v) is 1.39. The number of hydrogen-bond acceptors (Lipinski definition) is 4. The molecule has 0 rings (SSSR count). The first-order chi connectivity index (χ1) is 6.97. The van der Waals surface area contributed by atoms with Gasteiger partial charge >= 0.3 is 5.97 Å². The molecule has 2 atom stereocenters. The SMILES string of the molecule is COC(C)[C@H](C)NC(=O)CSCC(=O)O. The number of aliphatic carboxylic acids is 1. The highest BCUT2D eigenvalue weighted by molar-refractivity contribution is 8.00. The van der Waals surface area contributed by atoms with Crippen molar-refractivity contribution in [2.24, 2.45) is 0 Å². The fraction of sp³-hybridized carbons (Fsp3) is 0.778. The van der Waals surface area contributed by atoms with Crippen LogP contribution in [0.25, 0.3) is 0 Å². The Labute approximate surface area is 93.6 Å². The first kappa shape index (κ1) is 14.2. The Balaban J connectivity index is 3.69. The number of carbonyl (C=O) groups is 2. The molecule has 1 amide bonds. The number of carbonyl (C=O) groups excluding carboxylic acids is 1. The predicted molar refractivity (Wildman–Crippen MR) is 59.0 cm³/mol. The van der Waals surface area contributed by atoms with Gasteiger partial charge in [0.15, 0.2) is 0 Å². The zero-order chi connectivity index (χ0) is 11.8. The van der Waals surface area contributed by atoms with E-state index in [0.717, 1.165) is 11.8 Å². The van der Waals surface area contributed by atoms with Crippen LogP contribution in [0.15, 0.2) is 0 Å². The largest absolute Gasteiger partial charge is 0.481 e. The van der Waals surface area contributed by atoms with E-state index >= 15 is 0 Å². The average Bonchev–Trinajstić information content (AvgIpc) is 2.15. The Hall–Kier alpha value is -0.750. The minimum absolute atomic E-state index is 0.0539. The second-order valence-electron chi connectivity index (χ2n) is 3.18. The minimum atomic E-state index is -0.911. The van der Waals surface area contributed by atoms with Crippen LogP contribution in [-0.4, -0.2) is 47.7 Å². The number of thioether (sulfide) groups is 1. The van der Waals surface area contributed by atoms with Crippen LogP contribution in [-0.2, 0) is 14.3 Å². The molecule has 88 valence electrons. The Bertz CT molecular complexity index is 222. The van der Waals surface area contributed by atoms with E-state index in [1.165, 1.54) is 0 Å². The number of hydrogen-bond donors (Lipinski definition) is 2. The lowest BCUT2D eigenvalue weighted by atomic mass is 10.2. The summed E-state index contributed by atoms with van der Waals surface area (Å²) in [6, 6.07) is -0.0760. The Morgan fingerprint density at radius 2 is 2.00 bits per heavy atom. The highest BCUT2D eigenvalue weighted by Gasteiger charge is 2.13. The van der Waals surface area contributed by atoms with E-state index in [-0.39, 0.29) is 29.6 Å². The maximum atomic E-state index is 11.3. The molecule has 0 saturated carbocycles. The molecule has 15 heavy (non-hydrogen) atoms. The van der Waals surface area contributed by atoms with Crippen molar-refractivity contribution in [3.8, 4) is 0 Å². The van der Waals surface area contributed by atoms with Crippen molar-refractivity contribution in [3.63, 3.8) is 0 Å². The van der Waals surface area contributed by atoms with Gasteiger partial charge in [0.1, 0.15) is 0 Å². The first-order valence-electron chi connectivity index (χ1n) is 4.59. The van der Waals surface area contributed by atoms with Crippen LogP contribution in [0.5, 0.6) is 0 Å². The summed E-state index contributed by atoms with van der Waals surface area (Å²) in [5, 5.41) is 11.1. The molecule has 0 heterocycles. The normalized spacial score (nSPS) is 14.3. The van der Waals surface area contributed by atoms with Crippen molar-refractivity contribution in [2.75, 3.05) is 18.6 Å². The van der Waals surface area contributed by atoms with Crippen molar-refractivity contribution in [1.82, 2.24) is 5.32 Å². The number of rotatable bonds is 7. The van der Waals surface area contributed by atoms with Crippen molar-refractivity contribution >= 4 is 23.6 Å². The van der Waals surface area contributed by atoms with Gasteiger partial charge in [-0.1, -0.05) is 0 Å². The summed E-state index contributed by atoms with van der Waals surface area (Å²) in [4.78, 5) is 21.5. The van der Waals surface area contributed by atoms with E-state index in [2.05, 4.69) is 5.32 Å². The van der Waals surface area contributed by atoms with Crippen LogP contribution in [0, 0.1) is 0 Å². The smallest absolute Gasteiger partial charge is 0.313 e. The monoisotopic (exact) mass is 235 g/mol. The molecule has 1 unspecified atom stereocenters. The average molecular weight is 235 g/mol. The summed E-state index contributed by atoms with van der Waals surface area (Å²) < 4.78 is 5.04. The van der Waals surface area contributed by atoms with Gasteiger partial charge in [-0.05, 0) is 13.8 Å². The maximum Gasteiger partial charge on any atom is 0.313 e. The van der Waals surface area contributed by atoms with Crippen LogP contribution >= 0.6 is 11.8 Å². The quantitative estimate of drug-likeness (QED) is 0.665. The Morgan fingerprint density at radius 1 is 1.40 bits per heavy atom. The van der Waals surface area contributed by atoms with Gasteiger partial charge in [0.05, 0.1) is 23.7 Å². The molecule has 2 N–H and O–H groups in total. The van der Waals surface area contributed by atoms with Crippen molar-refractivity contribution in [2.45, 2.75) is 26.0 Å². The van der Waals surface area contributed by atoms with Gasteiger partial charge < -0.3 is 15.2 Å². The van der Waals surface area contributed by atoms with Crippen molar-refractivity contribution in [1.29, 1.82) is 0 Å². The summed E-state index contributed by atoms with van der Waals surface area (Å²) in [5.74, 6) is -0.974. The Kier molecular flexibility index (Phi) is 7.15. The molecule has 0 bridgehead atoms. The first-order valence-corrected chi connectivity index (χ1v) is 5.74. The number of nitrogens with one attached hydrogen (secondary N) is 1. The number of carboxylic acids is 1. The summed E-state index contributed by atoms with van der Waals surface area (Å²) in [5.41, 5.74) is 0. The number of carboxylic acid groups (broad SMARTS) is 1.